The Bertz CT molecular complexity index is 452. The molecule has 0 saturated carbocycles. The first-order valence-corrected chi connectivity index (χ1v) is 9.18. The van der Waals surface area contributed by atoms with Gasteiger partial charge >= 0.3 is 0 Å². The maximum absolute atomic E-state index is 12.6. The van der Waals surface area contributed by atoms with Gasteiger partial charge in [-0.05, 0) is 38.8 Å². The van der Waals surface area contributed by atoms with E-state index in [9.17, 15) is 13.2 Å². The number of hydrogen-bond donors (Lipinski definition) is 1. The molecule has 116 valence electrons. The number of rotatable bonds is 4. The fourth-order valence-corrected chi connectivity index (χ4v) is 4.37. The number of carbonyl (C=O) groups excluding carboxylic acids is 1. The molecule has 2 aliphatic heterocycles. The largest absolute Gasteiger partial charge is 0.341 e. The van der Waals surface area contributed by atoms with E-state index in [-0.39, 0.29) is 5.91 Å². The molecule has 2 fully saturated rings. The molecule has 2 aliphatic rings. The third-order valence-electron chi connectivity index (χ3n) is 4.26. The molecule has 0 aliphatic carbocycles. The zero-order chi connectivity index (χ0) is 14.8. The molecular formula is C13H25N3O3S. The highest BCUT2D eigenvalue weighted by atomic mass is 32.2. The van der Waals surface area contributed by atoms with E-state index in [1.165, 1.54) is 10.6 Å². The van der Waals surface area contributed by atoms with E-state index >= 15 is 0 Å². The second-order valence-corrected chi connectivity index (χ2v) is 7.82. The SMILES string of the molecule is CNC[C@@H]1CCN(C(=O)[C@@H]2CCCCN2S(C)(=O)=O)C1. The zero-order valence-electron chi connectivity index (χ0n) is 12.3. The Morgan fingerprint density at radius 2 is 2.00 bits per heavy atom. The number of sulfonamides is 1. The van der Waals surface area contributed by atoms with Crippen LogP contribution in [0.4, 0.5) is 0 Å². The molecule has 6 nitrogen and oxygen atoms in total. The molecule has 1 N–H and O–H groups in total. The van der Waals surface area contributed by atoms with Gasteiger partial charge in [-0.1, -0.05) is 6.42 Å². The van der Waals surface area contributed by atoms with E-state index in [1.54, 1.807) is 0 Å². The molecule has 0 spiro atoms. The predicted octanol–water partition coefficient (Wildman–Crippen LogP) is -0.132. The molecule has 1 amide bonds. The van der Waals surface area contributed by atoms with E-state index in [1.807, 2.05) is 11.9 Å². The minimum Gasteiger partial charge on any atom is -0.341 e. The van der Waals surface area contributed by atoms with Crippen LogP contribution in [0.25, 0.3) is 0 Å². The number of amides is 1. The number of nitrogens with one attached hydrogen (secondary N) is 1. The maximum Gasteiger partial charge on any atom is 0.241 e. The van der Waals surface area contributed by atoms with Gasteiger partial charge in [-0.3, -0.25) is 4.79 Å². The van der Waals surface area contributed by atoms with Gasteiger partial charge in [0.05, 0.1) is 6.26 Å². The minimum absolute atomic E-state index is 0.00581. The second-order valence-electron chi connectivity index (χ2n) is 5.88. The van der Waals surface area contributed by atoms with Crippen molar-refractivity contribution >= 4 is 15.9 Å². The normalized spacial score (nSPS) is 28.8. The molecule has 0 bridgehead atoms. The van der Waals surface area contributed by atoms with Crippen LogP contribution in [-0.4, -0.2) is 69.1 Å². The number of carbonyl (C=O) groups is 1. The van der Waals surface area contributed by atoms with Crippen LogP contribution in [0.2, 0.25) is 0 Å². The van der Waals surface area contributed by atoms with Gasteiger partial charge in [0.25, 0.3) is 0 Å². The predicted molar refractivity (Wildman–Crippen MR) is 77.8 cm³/mol. The van der Waals surface area contributed by atoms with Crippen molar-refractivity contribution in [3.63, 3.8) is 0 Å². The van der Waals surface area contributed by atoms with Crippen LogP contribution in [-0.2, 0) is 14.8 Å². The quantitative estimate of drug-likeness (QED) is 0.785. The van der Waals surface area contributed by atoms with Gasteiger partial charge < -0.3 is 10.2 Å². The van der Waals surface area contributed by atoms with Crippen LogP contribution in [0, 0.1) is 5.92 Å². The highest BCUT2D eigenvalue weighted by molar-refractivity contribution is 7.88. The fraction of sp³-hybridized carbons (Fsp3) is 0.923. The average Bonchev–Trinajstić information content (AvgIpc) is 2.86. The monoisotopic (exact) mass is 303 g/mol. The summed E-state index contributed by atoms with van der Waals surface area (Å²) < 4.78 is 25.0. The molecule has 0 unspecified atom stereocenters. The van der Waals surface area contributed by atoms with Crippen molar-refractivity contribution in [1.29, 1.82) is 0 Å². The molecule has 2 atom stereocenters. The van der Waals surface area contributed by atoms with Crippen LogP contribution in [0.5, 0.6) is 0 Å². The van der Waals surface area contributed by atoms with E-state index in [0.29, 0.717) is 18.9 Å². The van der Waals surface area contributed by atoms with Crippen molar-refractivity contribution in [2.24, 2.45) is 5.92 Å². The summed E-state index contributed by atoms with van der Waals surface area (Å²) in [5, 5.41) is 3.14. The fourth-order valence-electron chi connectivity index (χ4n) is 3.25. The van der Waals surface area contributed by atoms with Gasteiger partial charge in [-0.2, -0.15) is 4.31 Å². The van der Waals surface area contributed by atoms with Gasteiger partial charge in [-0.25, -0.2) is 8.42 Å². The molecule has 2 rings (SSSR count). The van der Waals surface area contributed by atoms with Crippen LogP contribution >= 0.6 is 0 Å². The molecule has 7 heteroatoms. The summed E-state index contributed by atoms with van der Waals surface area (Å²) in [6.07, 6.45) is 4.62. The maximum atomic E-state index is 12.6. The Morgan fingerprint density at radius 3 is 2.65 bits per heavy atom. The number of piperidine rings is 1. The summed E-state index contributed by atoms with van der Waals surface area (Å²) in [5.41, 5.74) is 0. The third-order valence-corrected chi connectivity index (χ3v) is 5.54. The topological polar surface area (TPSA) is 69.7 Å². The Morgan fingerprint density at radius 1 is 1.25 bits per heavy atom. The number of hydrogen-bond acceptors (Lipinski definition) is 4. The average molecular weight is 303 g/mol. The van der Waals surface area contributed by atoms with Gasteiger partial charge in [0.15, 0.2) is 0 Å². The van der Waals surface area contributed by atoms with Crippen molar-refractivity contribution in [2.75, 3.05) is 39.5 Å². The molecule has 2 heterocycles. The summed E-state index contributed by atoms with van der Waals surface area (Å²) in [5.74, 6) is 0.480. The third kappa shape index (κ3) is 3.51. The number of nitrogens with zero attached hydrogens (tertiary/aromatic N) is 2. The van der Waals surface area contributed by atoms with Gasteiger partial charge in [0, 0.05) is 19.6 Å². The lowest BCUT2D eigenvalue weighted by molar-refractivity contribution is -0.135. The Balaban J connectivity index is 2.04. The van der Waals surface area contributed by atoms with E-state index in [2.05, 4.69) is 5.32 Å². The van der Waals surface area contributed by atoms with Gasteiger partial charge in [0.1, 0.15) is 6.04 Å². The first-order valence-electron chi connectivity index (χ1n) is 7.33. The Labute approximate surface area is 121 Å². The zero-order valence-corrected chi connectivity index (χ0v) is 13.2. The summed E-state index contributed by atoms with van der Waals surface area (Å²) in [6.45, 7) is 2.88. The van der Waals surface area contributed by atoms with Crippen molar-refractivity contribution < 1.29 is 13.2 Å². The molecule has 0 aromatic heterocycles. The highest BCUT2D eigenvalue weighted by Crippen LogP contribution is 2.24. The van der Waals surface area contributed by atoms with Crippen LogP contribution in [0.1, 0.15) is 25.7 Å². The van der Waals surface area contributed by atoms with Gasteiger partial charge in [-0.15, -0.1) is 0 Å². The minimum atomic E-state index is -3.30. The Kier molecular flexibility index (Phi) is 5.04. The molecule has 0 radical (unpaired) electrons. The second kappa shape index (κ2) is 6.41. The molecular weight excluding hydrogens is 278 g/mol. The molecule has 0 aromatic rings. The summed E-state index contributed by atoms with van der Waals surface area (Å²) in [6, 6.07) is -0.480. The van der Waals surface area contributed by atoms with E-state index < -0.39 is 16.1 Å². The molecule has 20 heavy (non-hydrogen) atoms. The van der Waals surface area contributed by atoms with Crippen molar-refractivity contribution in [3.05, 3.63) is 0 Å². The van der Waals surface area contributed by atoms with Crippen LogP contribution in [0.3, 0.4) is 0 Å². The summed E-state index contributed by atoms with van der Waals surface area (Å²) in [7, 11) is -1.39. The summed E-state index contributed by atoms with van der Waals surface area (Å²) >= 11 is 0. The molecule has 0 aromatic carbocycles. The Hall–Kier alpha value is -0.660. The lowest BCUT2D eigenvalue weighted by Gasteiger charge is -2.35. The first kappa shape index (κ1) is 15.7. The van der Waals surface area contributed by atoms with Crippen LogP contribution < -0.4 is 5.32 Å². The van der Waals surface area contributed by atoms with Crippen LogP contribution in [0.15, 0.2) is 0 Å². The lowest BCUT2D eigenvalue weighted by Crippen LogP contribution is -2.52. The molecule has 2 saturated heterocycles. The summed E-state index contributed by atoms with van der Waals surface area (Å²) in [4.78, 5) is 14.5. The number of likely N-dealkylation sites (tertiary alicyclic amines) is 1. The van der Waals surface area contributed by atoms with Gasteiger partial charge in [0.2, 0.25) is 15.9 Å². The first-order chi connectivity index (χ1) is 9.43. The smallest absolute Gasteiger partial charge is 0.241 e. The van der Waals surface area contributed by atoms with Crippen molar-refractivity contribution in [3.8, 4) is 0 Å². The lowest BCUT2D eigenvalue weighted by atomic mass is 10.0. The van der Waals surface area contributed by atoms with Crippen molar-refractivity contribution in [1.82, 2.24) is 14.5 Å². The van der Waals surface area contributed by atoms with Crippen molar-refractivity contribution in [2.45, 2.75) is 31.7 Å². The van der Waals surface area contributed by atoms with E-state index in [0.717, 1.165) is 38.9 Å². The van der Waals surface area contributed by atoms with E-state index in [4.69, 9.17) is 0 Å². The highest BCUT2D eigenvalue weighted by Gasteiger charge is 2.38. The standard InChI is InChI=1S/C13H25N3O3S/c1-14-9-11-6-8-15(10-11)13(17)12-5-3-4-7-16(12)20(2,18)19/h11-12,14H,3-10H2,1-2H3/t11-,12-/m0/s1.